The van der Waals surface area contributed by atoms with Gasteiger partial charge < -0.3 is 9.47 Å². The Bertz CT molecular complexity index is 530. The minimum Gasteiger partial charge on any atom is -0.493 e. The summed E-state index contributed by atoms with van der Waals surface area (Å²) in [6.45, 7) is 0.373. The molecule has 7 heteroatoms. The summed E-state index contributed by atoms with van der Waals surface area (Å²) in [7, 11) is 1.47. The molecule has 1 aliphatic rings. The number of imide groups is 1. The molecule has 2 rings (SSSR count). The molecule has 0 unspecified atom stereocenters. The highest BCUT2D eigenvalue weighted by Crippen LogP contribution is 2.27. The second-order valence-electron chi connectivity index (χ2n) is 3.98. The third kappa shape index (κ3) is 3.11. The standard InChI is InChI=1S/C13H13NO5S/c1-18-11-6-9(7-15)2-3-10(11)19-5-4-14-12(16)8-20-13(14)17/h2-3,6-7H,4-5,8H2,1H3. The van der Waals surface area contributed by atoms with Gasteiger partial charge in [0, 0.05) is 5.56 Å². The third-order valence-electron chi connectivity index (χ3n) is 2.74. The first-order valence-corrected chi connectivity index (χ1v) is 6.87. The van der Waals surface area contributed by atoms with Gasteiger partial charge in [0.05, 0.1) is 19.4 Å². The van der Waals surface area contributed by atoms with E-state index in [4.69, 9.17) is 9.47 Å². The molecular formula is C13H13NO5S. The van der Waals surface area contributed by atoms with Crippen LogP contribution in [0, 0.1) is 0 Å². The van der Waals surface area contributed by atoms with Crippen molar-refractivity contribution in [2.45, 2.75) is 0 Å². The number of methoxy groups -OCH3 is 1. The molecule has 1 saturated heterocycles. The summed E-state index contributed by atoms with van der Waals surface area (Å²) in [5.74, 6) is 0.885. The Morgan fingerprint density at radius 2 is 2.15 bits per heavy atom. The second-order valence-corrected chi connectivity index (χ2v) is 4.90. The first kappa shape index (κ1) is 14.4. The molecule has 0 spiro atoms. The van der Waals surface area contributed by atoms with Crippen LogP contribution in [0.3, 0.4) is 0 Å². The van der Waals surface area contributed by atoms with Crippen LogP contribution >= 0.6 is 11.8 Å². The van der Waals surface area contributed by atoms with Gasteiger partial charge in [-0.15, -0.1) is 0 Å². The van der Waals surface area contributed by atoms with Gasteiger partial charge in [-0.1, -0.05) is 11.8 Å². The predicted molar refractivity (Wildman–Crippen MR) is 73.4 cm³/mol. The van der Waals surface area contributed by atoms with Gasteiger partial charge in [0.1, 0.15) is 12.9 Å². The fourth-order valence-corrected chi connectivity index (χ4v) is 2.47. The average molecular weight is 295 g/mol. The molecule has 20 heavy (non-hydrogen) atoms. The number of carbonyl (C=O) groups excluding carboxylic acids is 3. The van der Waals surface area contributed by atoms with Crippen molar-refractivity contribution in [3.63, 3.8) is 0 Å². The molecule has 1 aliphatic heterocycles. The molecule has 0 atom stereocenters. The molecule has 6 nitrogen and oxygen atoms in total. The quantitative estimate of drug-likeness (QED) is 0.742. The van der Waals surface area contributed by atoms with E-state index in [0.29, 0.717) is 23.3 Å². The molecule has 0 aliphatic carbocycles. The van der Waals surface area contributed by atoms with Crippen molar-refractivity contribution in [1.82, 2.24) is 4.90 Å². The normalized spacial score (nSPS) is 14.6. The zero-order chi connectivity index (χ0) is 14.5. The van der Waals surface area contributed by atoms with E-state index >= 15 is 0 Å². The van der Waals surface area contributed by atoms with Gasteiger partial charge in [0.25, 0.3) is 5.24 Å². The van der Waals surface area contributed by atoms with E-state index < -0.39 is 0 Å². The van der Waals surface area contributed by atoms with E-state index in [9.17, 15) is 14.4 Å². The van der Waals surface area contributed by atoms with Crippen molar-refractivity contribution >= 4 is 29.2 Å². The minimum absolute atomic E-state index is 0.175. The number of nitrogens with zero attached hydrogens (tertiary/aromatic N) is 1. The van der Waals surface area contributed by atoms with Crippen LogP contribution in [0.25, 0.3) is 0 Å². The smallest absolute Gasteiger partial charge is 0.288 e. The average Bonchev–Trinajstić information content (AvgIpc) is 2.79. The van der Waals surface area contributed by atoms with E-state index in [2.05, 4.69) is 0 Å². The van der Waals surface area contributed by atoms with Gasteiger partial charge in [0.15, 0.2) is 11.5 Å². The fraction of sp³-hybridized carbons (Fsp3) is 0.308. The fourth-order valence-electron chi connectivity index (χ4n) is 1.72. The van der Waals surface area contributed by atoms with Gasteiger partial charge >= 0.3 is 0 Å². The van der Waals surface area contributed by atoms with Gasteiger partial charge in [-0.3, -0.25) is 19.3 Å². The molecule has 2 amide bonds. The lowest BCUT2D eigenvalue weighted by molar-refractivity contribution is -0.124. The number of benzene rings is 1. The Morgan fingerprint density at radius 1 is 1.35 bits per heavy atom. The molecule has 1 fully saturated rings. The maximum absolute atomic E-state index is 11.4. The van der Waals surface area contributed by atoms with Crippen LogP contribution in [0.15, 0.2) is 18.2 Å². The number of aldehydes is 1. The van der Waals surface area contributed by atoms with E-state index in [0.717, 1.165) is 16.7 Å². The minimum atomic E-state index is -0.248. The SMILES string of the molecule is COc1cc(C=O)ccc1OCCN1C(=O)CSC1=O. The van der Waals surface area contributed by atoms with Crippen LogP contribution in [0.5, 0.6) is 11.5 Å². The van der Waals surface area contributed by atoms with Crippen molar-refractivity contribution in [2.75, 3.05) is 26.0 Å². The number of rotatable bonds is 6. The Hall–Kier alpha value is -2.02. The van der Waals surface area contributed by atoms with Gasteiger partial charge in [-0.25, -0.2) is 0 Å². The van der Waals surface area contributed by atoms with Crippen molar-refractivity contribution in [3.05, 3.63) is 23.8 Å². The molecule has 0 bridgehead atoms. The Labute approximate surface area is 120 Å². The first-order chi connectivity index (χ1) is 9.65. The lowest BCUT2D eigenvalue weighted by atomic mass is 10.2. The lowest BCUT2D eigenvalue weighted by Crippen LogP contribution is -2.32. The summed E-state index contributed by atoms with van der Waals surface area (Å²) in [5.41, 5.74) is 0.482. The first-order valence-electron chi connectivity index (χ1n) is 5.89. The van der Waals surface area contributed by atoms with Gasteiger partial charge in [-0.05, 0) is 18.2 Å². The number of amides is 2. The van der Waals surface area contributed by atoms with Crippen molar-refractivity contribution in [3.8, 4) is 11.5 Å². The van der Waals surface area contributed by atoms with Crippen molar-refractivity contribution < 1.29 is 23.9 Å². The van der Waals surface area contributed by atoms with E-state index in [1.165, 1.54) is 7.11 Å². The molecule has 0 radical (unpaired) electrons. The Morgan fingerprint density at radius 3 is 2.75 bits per heavy atom. The number of hydrogen-bond donors (Lipinski definition) is 0. The highest BCUT2D eigenvalue weighted by molar-refractivity contribution is 8.14. The van der Waals surface area contributed by atoms with Crippen LogP contribution in [0.4, 0.5) is 4.79 Å². The van der Waals surface area contributed by atoms with Gasteiger partial charge in [0.2, 0.25) is 5.91 Å². The summed E-state index contributed by atoms with van der Waals surface area (Å²) in [4.78, 5) is 34.6. The molecular weight excluding hydrogens is 282 g/mol. The molecule has 1 aromatic rings. The molecule has 0 aromatic heterocycles. The highest BCUT2D eigenvalue weighted by atomic mass is 32.2. The summed E-state index contributed by atoms with van der Waals surface area (Å²) in [6, 6.07) is 4.78. The molecule has 1 heterocycles. The van der Waals surface area contributed by atoms with E-state index in [1.54, 1.807) is 18.2 Å². The highest BCUT2D eigenvalue weighted by Gasteiger charge is 2.29. The number of carbonyl (C=O) groups is 3. The second kappa shape index (κ2) is 6.42. The summed E-state index contributed by atoms with van der Waals surface area (Å²) >= 11 is 0.991. The Kier molecular flexibility index (Phi) is 4.62. The largest absolute Gasteiger partial charge is 0.493 e. The summed E-state index contributed by atoms with van der Waals surface area (Å²) in [5, 5.41) is -0.248. The summed E-state index contributed by atoms with van der Waals surface area (Å²) in [6.07, 6.45) is 0.713. The third-order valence-corrected chi connectivity index (χ3v) is 3.60. The number of ether oxygens (including phenoxy) is 2. The molecule has 106 valence electrons. The topological polar surface area (TPSA) is 72.9 Å². The Balaban J connectivity index is 1.95. The van der Waals surface area contributed by atoms with Crippen LogP contribution in [0.2, 0.25) is 0 Å². The maximum Gasteiger partial charge on any atom is 0.288 e. The number of thioether (sulfide) groups is 1. The summed E-state index contributed by atoms with van der Waals surface area (Å²) < 4.78 is 10.6. The van der Waals surface area contributed by atoms with Crippen molar-refractivity contribution in [1.29, 1.82) is 0 Å². The predicted octanol–water partition coefficient (Wildman–Crippen LogP) is 1.58. The zero-order valence-corrected chi connectivity index (χ0v) is 11.6. The zero-order valence-electron chi connectivity index (χ0n) is 10.8. The number of hydrogen-bond acceptors (Lipinski definition) is 6. The lowest BCUT2D eigenvalue weighted by Gasteiger charge is -2.15. The van der Waals surface area contributed by atoms with Crippen LogP contribution in [0.1, 0.15) is 10.4 Å². The van der Waals surface area contributed by atoms with E-state index in [1.807, 2.05) is 0 Å². The maximum atomic E-state index is 11.4. The molecule has 0 N–H and O–H groups in total. The van der Waals surface area contributed by atoms with Crippen LogP contribution < -0.4 is 9.47 Å². The van der Waals surface area contributed by atoms with Crippen LogP contribution in [-0.2, 0) is 4.79 Å². The molecule has 0 saturated carbocycles. The van der Waals surface area contributed by atoms with Crippen LogP contribution in [-0.4, -0.2) is 48.3 Å². The van der Waals surface area contributed by atoms with Crippen molar-refractivity contribution in [2.24, 2.45) is 0 Å². The molecule has 1 aromatic carbocycles. The van der Waals surface area contributed by atoms with E-state index in [-0.39, 0.29) is 30.1 Å². The van der Waals surface area contributed by atoms with Gasteiger partial charge in [-0.2, -0.15) is 0 Å². The monoisotopic (exact) mass is 295 g/mol.